The van der Waals surface area contributed by atoms with Crippen molar-refractivity contribution in [1.82, 2.24) is 4.90 Å². The highest BCUT2D eigenvalue weighted by Crippen LogP contribution is 2.35. The van der Waals surface area contributed by atoms with Gasteiger partial charge in [0, 0.05) is 31.3 Å². The summed E-state index contributed by atoms with van der Waals surface area (Å²) >= 11 is 0. The summed E-state index contributed by atoms with van der Waals surface area (Å²) in [5.41, 5.74) is 2.40. The van der Waals surface area contributed by atoms with Gasteiger partial charge in [0.05, 0.1) is 0 Å². The van der Waals surface area contributed by atoms with Crippen molar-refractivity contribution in [2.45, 2.75) is 18.8 Å². The van der Waals surface area contributed by atoms with Gasteiger partial charge in [0.15, 0.2) is 11.5 Å². The molecule has 1 aliphatic heterocycles. The van der Waals surface area contributed by atoms with Crippen molar-refractivity contribution < 1.29 is 14.9 Å². The summed E-state index contributed by atoms with van der Waals surface area (Å²) in [5, 5.41) is 18.8. The van der Waals surface area contributed by atoms with Crippen LogP contribution in [0.1, 0.15) is 24.3 Å². The van der Waals surface area contributed by atoms with E-state index in [1.165, 1.54) is 24.1 Å². The maximum absolute atomic E-state index is 9.50. The molecule has 23 heavy (non-hydrogen) atoms. The van der Waals surface area contributed by atoms with Gasteiger partial charge in [-0.3, -0.25) is 0 Å². The number of benzene rings is 2. The zero-order valence-electron chi connectivity index (χ0n) is 13.2. The van der Waals surface area contributed by atoms with Gasteiger partial charge in [0.25, 0.3) is 0 Å². The molecule has 1 unspecified atom stereocenters. The predicted molar refractivity (Wildman–Crippen MR) is 90.0 cm³/mol. The molecule has 0 amide bonds. The van der Waals surface area contributed by atoms with Crippen molar-refractivity contribution in [2.75, 3.05) is 13.6 Å². The van der Waals surface area contributed by atoms with E-state index in [0.29, 0.717) is 17.4 Å². The summed E-state index contributed by atoms with van der Waals surface area (Å²) in [6.45, 7) is 5.27. The number of rotatable bonds is 3. The highest BCUT2D eigenvalue weighted by Gasteiger charge is 2.22. The number of allylic oxidation sites excluding steroid dienone is 1. The SMILES string of the molecule is C=C1C(c2ccc(Oc3ccc(O)c(O)c3)cc2)CCCN1C. The third kappa shape index (κ3) is 3.26. The second-order valence-corrected chi connectivity index (χ2v) is 5.93. The van der Waals surface area contributed by atoms with Crippen molar-refractivity contribution in [3.8, 4) is 23.0 Å². The molecule has 0 aliphatic carbocycles. The number of likely N-dealkylation sites (N-methyl/N-ethyl adjacent to an activating group) is 1. The van der Waals surface area contributed by atoms with Crippen LogP contribution in [0.3, 0.4) is 0 Å². The molecule has 0 aromatic heterocycles. The lowest BCUT2D eigenvalue weighted by molar-refractivity contribution is 0.322. The summed E-state index contributed by atoms with van der Waals surface area (Å²) in [6, 6.07) is 12.4. The lowest BCUT2D eigenvalue weighted by Gasteiger charge is -2.34. The fourth-order valence-electron chi connectivity index (χ4n) is 2.94. The lowest BCUT2D eigenvalue weighted by Crippen LogP contribution is -2.28. The van der Waals surface area contributed by atoms with E-state index in [1.54, 1.807) is 6.07 Å². The number of hydrogen-bond donors (Lipinski definition) is 2. The Morgan fingerprint density at radius 2 is 1.74 bits per heavy atom. The highest BCUT2D eigenvalue weighted by molar-refractivity contribution is 5.45. The van der Waals surface area contributed by atoms with Crippen LogP contribution in [0.5, 0.6) is 23.0 Å². The average Bonchev–Trinajstić information content (AvgIpc) is 2.55. The molecule has 4 nitrogen and oxygen atoms in total. The fourth-order valence-corrected chi connectivity index (χ4v) is 2.94. The minimum atomic E-state index is -0.194. The lowest BCUT2D eigenvalue weighted by atomic mass is 9.88. The number of piperidine rings is 1. The second kappa shape index (κ2) is 6.24. The summed E-state index contributed by atoms with van der Waals surface area (Å²) in [4.78, 5) is 2.22. The standard InChI is InChI=1S/C19H21NO3/c1-13-17(4-3-11-20(13)2)14-5-7-15(8-6-14)23-16-9-10-18(21)19(22)12-16/h5-10,12,17,21-22H,1,3-4,11H2,2H3. The topological polar surface area (TPSA) is 52.9 Å². The van der Waals surface area contributed by atoms with Gasteiger partial charge >= 0.3 is 0 Å². The molecule has 3 rings (SSSR count). The summed E-state index contributed by atoms with van der Waals surface area (Å²) < 4.78 is 5.70. The summed E-state index contributed by atoms with van der Waals surface area (Å²) in [7, 11) is 2.09. The maximum atomic E-state index is 9.50. The molecular weight excluding hydrogens is 290 g/mol. The minimum Gasteiger partial charge on any atom is -0.504 e. The van der Waals surface area contributed by atoms with E-state index < -0.39 is 0 Å². The molecule has 0 saturated carbocycles. The molecule has 2 aromatic rings. The first-order valence-corrected chi connectivity index (χ1v) is 7.74. The van der Waals surface area contributed by atoms with Crippen molar-refractivity contribution in [3.05, 3.63) is 60.3 Å². The molecule has 1 atom stereocenters. The van der Waals surface area contributed by atoms with E-state index in [0.717, 1.165) is 18.7 Å². The van der Waals surface area contributed by atoms with Gasteiger partial charge in [-0.25, -0.2) is 0 Å². The van der Waals surface area contributed by atoms with E-state index in [9.17, 15) is 10.2 Å². The van der Waals surface area contributed by atoms with Gasteiger partial charge in [0.1, 0.15) is 11.5 Å². The Labute approximate surface area is 136 Å². The van der Waals surface area contributed by atoms with Crippen LogP contribution in [0.25, 0.3) is 0 Å². The normalized spacial score (nSPS) is 18.0. The number of ether oxygens (including phenoxy) is 1. The Balaban J connectivity index is 1.74. The zero-order chi connectivity index (χ0) is 16.4. The molecule has 0 spiro atoms. The van der Waals surface area contributed by atoms with Gasteiger partial charge < -0.3 is 19.8 Å². The van der Waals surface area contributed by atoms with E-state index in [1.807, 2.05) is 12.1 Å². The first-order chi connectivity index (χ1) is 11.0. The molecular formula is C19H21NO3. The Morgan fingerprint density at radius 3 is 2.43 bits per heavy atom. The highest BCUT2D eigenvalue weighted by atomic mass is 16.5. The largest absolute Gasteiger partial charge is 0.504 e. The third-order valence-electron chi connectivity index (χ3n) is 4.34. The van der Waals surface area contributed by atoms with Crippen molar-refractivity contribution in [2.24, 2.45) is 0 Å². The third-order valence-corrected chi connectivity index (χ3v) is 4.34. The van der Waals surface area contributed by atoms with E-state index in [4.69, 9.17) is 4.74 Å². The van der Waals surface area contributed by atoms with E-state index in [-0.39, 0.29) is 11.5 Å². The van der Waals surface area contributed by atoms with Crippen LogP contribution in [0.15, 0.2) is 54.7 Å². The number of likely N-dealkylation sites (tertiary alicyclic amines) is 1. The monoisotopic (exact) mass is 311 g/mol. The molecule has 2 N–H and O–H groups in total. The molecule has 0 bridgehead atoms. The van der Waals surface area contributed by atoms with Gasteiger partial charge in [-0.15, -0.1) is 0 Å². The Kier molecular flexibility index (Phi) is 4.15. The molecule has 1 heterocycles. The first-order valence-electron chi connectivity index (χ1n) is 7.74. The van der Waals surface area contributed by atoms with Crippen LogP contribution >= 0.6 is 0 Å². The predicted octanol–water partition coefficient (Wildman–Crippen LogP) is 4.21. The summed E-state index contributed by atoms with van der Waals surface area (Å²) in [5.74, 6) is 1.18. The summed E-state index contributed by atoms with van der Waals surface area (Å²) in [6.07, 6.45) is 2.29. The average molecular weight is 311 g/mol. The maximum Gasteiger partial charge on any atom is 0.161 e. The number of aromatic hydroxyl groups is 2. The number of nitrogens with zero attached hydrogens (tertiary/aromatic N) is 1. The van der Waals surface area contributed by atoms with Gasteiger partial charge in [-0.05, 0) is 42.7 Å². The van der Waals surface area contributed by atoms with Crippen LogP contribution < -0.4 is 4.74 Å². The molecule has 1 fully saturated rings. The molecule has 1 saturated heterocycles. The van der Waals surface area contributed by atoms with Gasteiger partial charge in [-0.1, -0.05) is 18.7 Å². The first kappa shape index (κ1) is 15.3. The minimum absolute atomic E-state index is 0.160. The number of phenolic OH excluding ortho intramolecular Hbond substituents is 2. The number of hydrogen-bond acceptors (Lipinski definition) is 4. The Bertz CT molecular complexity index is 709. The van der Waals surface area contributed by atoms with Gasteiger partial charge in [-0.2, -0.15) is 0 Å². The van der Waals surface area contributed by atoms with Crippen molar-refractivity contribution in [1.29, 1.82) is 0 Å². The van der Waals surface area contributed by atoms with Crippen LogP contribution in [0.2, 0.25) is 0 Å². The van der Waals surface area contributed by atoms with E-state index in [2.05, 4.69) is 30.7 Å². The van der Waals surface area contributed by atoms with Crippen LogP contribution in [-0.4, -0.2) is 28.7 Å². The van der Waals surface area contributed by atoms with Crippen molar-refractivity contribution in [3.63, 3.8) is 0 Å². The molecule has 4 heteroatoms. The molecule has 120 valence electrons. The van der Waals surface area contributed by atoms with Crippen LogP contribution in [-0.2, 0) is 0 Å². The van der Waals surface area contributed by atoms with Crippen molar-refractivity contribution >= 4 is 0 Å². The Hall–Kier alpha value is -2.62. The zero-order valence-corrected chi connectivity index (χ0v) is 13.2. The molecule has 1 aliphatic rings. The fraction of sp³-hybridized carbons (Fsp3) is 0.263. The quantitative estimate of drug-likeness (QED) is 0.834. The number of phenols is 2. The molecule has 0 radical (unpaired) electrons. The second-order valence-electron chi connectivity index (χ2n) is 5.93. The van der Waals surface area contributed by atoms with Gasteiger partial charge in [0.2, 0.25) is 0 Å². The Morgan fingerprint density at radius 1 is 1.04 bits per heavy atom. The molecule has 2 aromatic carbocycles. The van der Waals surface area contributed by atoms with Crippen LogP contribution in [0.4, 0.5) is 0 Å². The smallest absolute Gasteiger partial charge is 0.161 e. The van der Waals surface area contributed by atoms with E-state index >= 15 is 0 Å². The van der Waals surface area contributed by atoms with Crippen LogP contribution in [0, 0.1) is 0 Å².